The smallest absolute Gasteiger partial charge is 0.231 e. The van der Waals surface area contributed by atoms with Gasteiger partial charge in [-0.1, -0.05) is 41.1 Å². The minimum absolute atomic E-state index is 0.0203. The number of thiazole rings is 1. The minimum atomic E-state index is -0.487. The summed E-state index contributed by atoms with van der Waals surface area (Å²) in [5.74, 6) is -0.565. The highest BCUT2D eigenvalue weighted by atomic mass is 35.5. The van der Waals surface area contributed by atoms with Gasteiger partial charge in [0, 0.05) is 23.0 Å². The van der Waals surface area contributed by atoms with Crippen LogP contribution in [0.4, 0.5) is 20.9 Å². The average Bonchev–Trinajstić information content (AvgIpc) is 3.16. The van der Waals surface area contributed by atoms with Crippen LogP contribution in [0.3, 0.4) is 0 Å². The Morgan fingerprint density at radius 3 is 2.88 bits per heavy atom. The number of fused-ring (bicyclic) bond motifs is 1. The van der Waals surface area contributed by atoms with E-state index in [1.165, 1.54) is 23.5 Å². The summed E-state index contributed by atoms with van der Waals surface area (Å²) >= 11 is 7.05. The van der Waals surface area contributed by atoms with Gasteiger partial charge in [0.05, 0.1) is 15.6 Å². The summed E-state index contributed by atoms with van der Waals surface area (Å²) in [6.45, 7) is 0. The Bertz CT molecular complexity index is 1030. The van der Waals surface area contributed by atoms with E-state index >= 15 is 0 Å². The summed E-state index contributed by atoms with van der Waals surface area (Å²) in [5.41, 5.74) is 3.41. The highest BCUT2D eigenvalue weighted by molar-refractivity contribution is 7.16. The predicted octanol–water partition coefficient (Wildman–Crippen LogP) is 5.64. The molecule has 0 saturated heterocycles. The van der Waals surface area contributed by atoms with Gasteiger partial charge in [-0.2, -0.15) is 4.98 Å². The molecule has 1 aliphatic rings. The molecular weight excluding hydrogens is 361 g/mol. The van der Waals surface area contributed by atoms with Crippen LogP contribution < -0.4 is 5.32 Å². The van der Waals surface area contributed by atoms with Crippen molar-refractivity contribution in [2.24, 2.45) is 4.99 Å². The van der Waals surface area contributed by atoms with Crippen LogP contribution in [0, 0.1) is 5.82 Å². The summed E-state index contributed by atoms with van der Waals surface area (Å²) < 4.78 is 13.2. The van der Waals surface area contributed by atoms with Crippen molar-refractivity contribution in [3.05, 3.63) is 63.7 Å². The third-order valence-corrected chi connectivity index (χ3v) is 4.85. The fraction of sp³-hybridized carbons (Fsp3) is 0. The maximum absolute atomic E-state index is 13.2. The van der Waals surface area contributed by atoms with Gasteiger partial charge in [-0.05, 0) is 30.3 Å². The molecule has 0 unspecified atom stereocenters. The molecule has 0 aliphatic carbocycles. The first-order chi connectivity index (χ1) is 12.1. The number of hydrogen-bond donors (Lipinski definition) is 2. The van der Waals surface area contributed by atoms with E-state index in [0.29, 0.717) is 15.7 Å². The number of allylic oxidation sites excluding steroid dienone is 1. The minimum Gasteiger partial charge on any atom is -0.492 e. The van der Waals surface area contributed by atoms with E-state index < -0.39 is 5.82 Å². The molecule has 1 aromatic heterocycles. The molecule has 0 spiro atoms. The third-order valence-electron chi connectivity index (χ3n) is 3.65. The Kier molecular flexibility index (Phi) is 3.99. The van der Waals surface area contributed by atoms with Crippen LogP contribution >= 0.6 is 22.9 Å². The number of hydrogen-bond acceptors (Lipinski definition) is 5. The van der Waals surface area contributed by atoms with Crippen LogP contribution in [0.1, 0.15) is 10.4 Å². The van der Waals surface area contributed by atoms with Crippen molar-refractivity contribution >= 4 is 57.3 Å². The van der Waals surface area contributed by atoms with E-state index in [4.69, 9.17) is 11.6 Å². The van der Waals surface area contributed by atoms with E-state index in [-0.39, 0.29) is 10.9 Å². The first-order valence-corrected chi connectivity index (χ1v) is 8.56. The lowest BCUT2D eigenvalue weighted by Gasteiger charge is -2.02. The highest BCUT2D eigenvalue weighted by Gasteiger charge is 2.14. The van der Waals surface area contributed by atoms with Gasteiger partial charge in [0.25, 0.3) is 0 Å². The molecule has 7 heteroatoms. The Morgan fingerprint density at radius 1 is 1.20 bits per heavy atom. The van der Waals surface area contributed by atoms with Crippen molar-refractivity contribution in [2.75, 3.05) is 5.32 Å². The molecule has 0 atom stereocenters. The Morgan fingerprint density at radius 2 is 2.04 bits per heavy atom. The second-order valence-electron chi connectivity index (χ2n) is 5.34. The second kappa shape index (κ2) is 6.31. The number of aromatic nitrogens is 1. The van der Waals surface area contributed by atoms with Crippen LogP contribution in [0.2, 0.25) is 5.02 Å². The van der Waals surface area contributed by atoms with Gasteiger partial charge in [-0.3, -0.25) is 4.99 Å². The van der Waals surface area contributed by atoms with Crippen molar-refractivity contribution in [3.63, 3.8) is 0 Å². The number of halogens is 2. The van der Waals surface area contributed by atoms with Crippen LogP contribution in [0.15, 0.2) is 47.5 Å². The lowest BCUT2D eigenvalue weighted by atomic mass is 10.1. The number of nitrogens with zero attached hydrogens (tertiary/aromatic N) is 2. The molecule has 0 fully saturated rings. The lowest BCUT2D eigenvalue weighted by molar-refractivity contribution is 0.457. The van der Waals surface area contributed by atoms with Gasteiger partial charge in [0.2, 0.25) is 5.88 Å². The quantitative estimate of drug-likeness (QED) is 0.626. The van der Waals surface area contributed by atoms with E-state index in [1.54, 1.807) is 12.3 Å². The van der Waals surface area contributed by atoms with E-state index in [0.717, 1.165) is 16.8 Å². The topological polar surface area (TPSA) is 57.5 Å². The molecule has 0 saturated carbocycles. The van der Waals surface area contributed by atoms with Gasteiger partial charge < -0.3 is 10.4 Å². The first kappa shape index (κ1) is 15.8. The molecule has 0 bridgehead atoms. The molecule has 124 valence electrons. The molecular formula is C18H11ClFN3OS. The molecule has 2 aromatic carbocycles. The number of anilines is 2. The molecule has 25 heavy (non-hydrogen) atoms. The second-order valence-corrected chi connectivity index (χ2v) is 6.77. The maximum atomic E-state index is 13.2. The summed E-state index contributed by atoms with van der Waals surface area (Å²) in [6.07, 6.45) is 3.60. The van der Waals surface area contributed by atoms with Crippen molar-refractivity contribution in [1.29, 1.82) is 0 Å². The number of para-hydroxylation sites is 1. The molecule has 2 N–H and O–H groups in total. The van der Waals surface area contributed by atoms with Crippen LogP contribution in [-0.2, 0) is 0 Å². The molecule has 2 heterocycles. The van der Waals surface area contributed by atoms with Crippen LogP contribution in [-0.4, -0.2) is 16.3 Å². The van der Waals surface area contributed by atoms with Gasteiger partial charge in [0.15, 0.2) is 5.13 Å². The fourth-order valence-electron chi connectivity index (χ4n) is 2.46. The maximum Gasteiger partial charge on any atom is 0.231 e. The molecule has 0 radical (unpaired) electrons. The number of nitrogens with one attached hydrogen (secondary N) is 1. The van der Waals surface area contributed by atoms with Crippen molar-refractivity contribution in [2.45, 2.75) is 0 Å². The Labute approximate surface area is 152 Å². The zero-order valence-corrected chi connectivity index (χ0v) is 14.3. The summed E-state index contributed by atoms with van der Waals surface area (Å²) in [5, 5.41) is 13.6. The summed E-state index contributed by atoms with van der Waals surface area (Å²) in [7, 11) is 0. The number of aromatic hydroxyl groups is 1. The Hall–Kier alpha value is -2.70. The van der Waals surface area contributed by atoms with E-state index in [2.05, 4.69) is 15.3 Å². The van der Waals surface area contributed by atoms with E-state index in [1.807, 2.05) is 30.3 Å². The molecule has 4 rings (SSSR count). The van der Waals surface area contributed by atoms with Crippen LogP contribution in [0.25, 0.3) is 11.6 Å². The largest absolute Gasteiger partial charge is 0.492 e. The first-order valence-electron chi connectivity index (χ1n) is 7.37. The summed E-state index contributed by atoms with van der Waals surface area (Å²) in [6, 6.07) is 12.1. The average molecular weight is 372 g/mol. The van der Waals surface area contributed by atoms with Crippen LogP contribution in [0.5, 0.6) is 5.88 Å². The van der Waals surface area contributed by atoms with Gasteiger partial charge >= 0.3 is 0 Å². The summed E-state index contributed by atoms with van der Waals surface area (Å²) in [4.78, 5) is 9.04. The lowest BCUT2D eigenvalue weighted by Crippen LogP contribution is -1.89. The van der Waals surface area contributed by atoms with Crippen molar-refractivity contribution in [3.8, 4) is 5.88 Å². The van der Waals surface area contributed by atoms with Gasteiger partial charge in [-0.15, -0.1) is 0 Å². The van der Waals surface area contributed by atoms with Gasteiger partial charge in [-0.25, -0.2) is 4.39 Å². The third kappa shape index (κ3) is 3.14. The van der Waals surface area contributed by atoms with Gasteiger partial charge in [0.1, 0.15) is 5.82 Å². The normalized spacial score (nSPS) is 14.1. The number of rotatable bonds is 3. The fourth-order valence-corrected chi connectivity index (χ4v) is 3.48. The van der Waals surface area contributed by atoms with Crippen molar-refractivity contribution in [1.82, 2.24) is 4.98 Å². The molecule has 3 aromatic rings. The standard InChI is InChI=1S/C18H11ClFN3OS/c19-13-8-11(5-6-14(13)20)22-18-23-17(24)16(25-18)7-10-9-21-15-4-2-1-3-12(10)15/h1-9,24H,(H,22,23)/b10-7-. The zero-order valence-electron chi connectivity index (χ0n) is 12.7. The molecule has 4 nitrogen and oxygen atoms in total. The highest BCUT2D eigenvalue weighted by Crippen LogP contribution is 2.37. The monoisotopic (exact) mass is 371 g/mol. The van der Waals surface area contributed by atoms with Crippen molar-refractivity contribution < 1.29 is 9.50 Å². The number of benzene rings is 2. The van der Waals surface area contributed by atoms with E-state index in [9.17, 15) is 9.50 Å². The molecule has 0 amide bonds. The number of aliphatic imine (C=N–C) groups is 1. The predicted molar refractivity (Wildman–Crippen MR) is 101 cm³/mol. The molecule has 1 aliphatic heterocycles. The zero-order chi connectivity index (χ0) is 17.4. The SMILES string of the molecule is Oc1nc(Nc2ccc(F)c(Cl)c2)sc1/C=C1/C=Nc2ccccc21. The Balaban J connectivity index is 1.62.